The maximum absolute atomic E-state index is 14.1. The highest BCUT2D eigenvalue weighted by Gasteiger charge is 2.36. The van der Waals surface area contributed by atoms with Crippen LogP contribution in [-0.2, 0) is 15.8 Å². The molecule has 0 spiro atoms. The van der Waals surface area contributed by atoms with Crippen molar-refractivity contribution in [2.45, 2.75) is 30.7 Å². The predicted molar refractivity (Wildman–Crippen MR) is 132 cm³/mol. The molecule has 4 rings (SSSR count). The van der Waals surface area contributed by atoms with Gasteiger partial charge in [0.25, 0.3) is 5.91 Å². The first-order chi connectivity index (χ1) is 18.8. The van der Waals surface area contributed by atoms with Crippen LogP contribution in [0.15, 0.2) is 41.5 Å². The number of aliphatic imine (C=N–C) groups is 1. The van der Waals surface area contributed by atoms with Crippen LogP contribution in [0.2, 0.25) is 0 Å². The van der Waals surface area contributed by atoms with Gasteiger partial charge in [-0.1, -0.05) is 0 Å². The lowest BCUT2D eigenvalue weighted by Crippen LogP contribution is -2.48. The van der Waals surface area contributed by atoms with Gasteiger partial charge >= 0.3 is 12.1 Å². The van der Waals surface area contributed by atoms with Crippen LogP contribution in [-0.4, -0.2) is 64.4 Å². The fraction of sp³-hybridized carbons (Fsp3) is 0.292. The number of nitrogens with one attached hydrogen (secondary N) is 4. The summed E-state index contributed by atoms with van der Waals surface area (Å²) in [6, 6.07) is 2.21. The fourth-order valence-electron chi connectivity index (χ4n) is 4.22. The molecule has 1 aliphatic heterocycles. The number of nitrogens with zero attached hydrogens (tertiary/aromatic N) is 2. The third-order valence-electron chi connectivity index (χ3n) is 6.08. The zero-order valence-electron chi connectivity index (χ0n) is 20.4. The van der Waals surface area contributed by atoms with Gasteiger partial charge in [0.1, 0.15) is 18.0 Å². The summed E-state index contributed by atoms with van der Waals surface area (Å²) in [5.74, 6) is -6.51. The molecule has 2 amide bonds. The number of carboxylic acid groups (broad SMARTS) is 1. The first-order valence-electron chi connectivity index (χ1n) is 11.7. The van der Waals surface area contributed by atoms with E-state index in [2.05, 4.69) is 31.1 Å². The second-order valence-electron chi connectivity index (χ2n) is 8.98. The highest BCUT2D eigenvalue weighted by molar-refractivity contribution is 6.07. The molecule has 3 aromatic rings. The Kier molecular flexibility index (Phi) is 7.88. The lowest BCUT2D eigenvalue weighted by Gasteiger charge is -2.26. The number of aromatic nitrogens is 2. The lowest BCUT2D eigenvalue weighted by molar-refractivity contribution is -0.138. The van der Waals surface area contributed by atoms with E-state index in [0.29, 0.717) is 28.7 Å². The van der Waals surface area contributed by atoms with Gasteiger partial charge in [0, 0.05) is 16.9 Å². The summed E-state index contributed by atoms with van der Waals surface area (Å²) in [6.45, 7) is -0.0899. The van der Waals surface area contributed by atoms with Crippen molar-refractivity contribution in [1.82, 2.24) is 20.8 Å². The van der Waals surface area contributed by atoms with E-state index in [9.17, 15) is 41.4 Å². The predicted octanol–water partition coefficient (Wildman–Crippen LogP) is 2.27. The quantitative estimate of drug-likeness (QED) is 0.226. The van der Waals surface area contributed by atoms with Crippen LogP contribution in [0, 0.1) is 5.82 Å². The second kappa shape index (κ2) is 11.2. The summed E-state index contributed by atoms with van der Waals surface area (Å²) in [5, 5.41) is 24.4. The average molecular weight is 567 g/mol. The number of primary amides is 1. The Labute approximate surface area is 222 Å². The number of aromatic amines is 1. The molecule has 11 nitrogen and oxygen atoms in total. The summed E-state index contributed by atoms with van der Waals surface area (Å²) in [4.78, 5) is 41.2. The minimum Gasteiger partial charge on any atom is -0.481 e. The number of aliphatic carboxylic acids is 1. The normalized spacial score (nSPS) is 16.9. The van der Waals surface area contributed by atoms with Crippen LogP contribution >= 0.6 is 0 Å². The van der Waals surface area contributed by atoms with Crippen LogP contribution in [0.4, 0.5) is 27.6 Å². The van der Waals surface area contributed by atoms with Gasteiger partial charge in [-0.25, -0.2) is 13.8 Å². The van der Waals surface area contributed by atoms with Gasteiger partial charge in [0.15, 0.2) is 5.96 Å². The molecular formula is C24H22F5N7O4. The molecule has 16 heteroatoms. The maximum atomic E-state index is 14.1. The number of halogens is 5. The Morgan fingerprint density at radius 3 is 2.55 bits per heavy atom. The molecule has 1 aromatic heterocycles. The largest absolute Gasteiger partial charge is 0.481 e. The maximum Gasteiger partial charge on any atom is 0.416 e. The number of anilines is 1. The van der Waals surface area contributed by atoms with E-state index in [0.717, 1.165) is 0 Å². The van der Waals surface area contributed by atoms with Crippen molar-refractivity contribution in [3.63, 3.8) is 0 Å². The Balaban J connectivity index is 1.68. The summed E-state index contributed by atoms with van der Waals surface area (Å²) in [7, 11) is 0. The third-order valence-corrected chi connectivity index (χ3v) is 6.08. The number of H-pyrrole nitrogens is 1. The highest BCUT2D eigenvalue weighted by atomic mass is 19.4. The van der Waals surface area contributed by atoms with Crippen LogP contribution in [0.3, 0.4) is 0 Å². The van der Waals surface area contributed by atoms with Gasteiger partial charge in [-0.2, -0.15) is 18.3 Å². The minimum absolute atomic E-state index is 0.00192. The van der Waals surface area contributed by atoms with Crippen molar-refractivity contribution >= 4 is 40.3 Å². The standard InChI is InChI=1S/C24H22F5N7O4/c25-13-2-10(1-12(5-13)24(27,28)29)15(6-19(37)38)20(21(30)39)35-22(40)11-3-17(16-9-33-36-18(16)4-11)34-23-31-7-14(26)8-32-23/h1-5,9,14-15,20H,6-8H2,(H2,30,39)(H,33,36)(H,35,40)(H,37,38)(H2,31,32,34)/t15-,20?/m0/s1. The number of hydrogen-bond acceptors (Lipinski definition) is 7. The van der Waals surface area contributed by atoms with Crippen molar-refractivity contribution in [3.8, 4) is 0 Å². The van der Waals surface area contributed by atoms with E-state index >= 15 is 0 Å². The van der Waals surface area contributed by atoms with Crippen LogP contribution < -0.4 is 21.7 Å². The van der Waals surface area contributed by atoms with Crippen molar-refractivity contribution < 1.29 is 41.4 Å². The van der Waals surface area contributed by atoms with Gasteiger partial charge in [-0.3, -0.25) is 19.5 Å². The van der Waals surface area contributed by atoms with Crippen molar-refractivity contribution in [2.24, 2.45) is 10.7 Å². The number of benzene rings is 2. The number of alkyl halides is 4. The first-order valence-corrected chi connectivity index (χ1v) is 11.7. The molecule has 1 aliphatic rings. The molecule has 2 heterocycles. The van der Waals surface area contributed by atoms with Crippen molar-refractivity contribution in [3.05, 3.63) is 59.0 Å². The van der Waals surface area contributed by atoms with E-state index < -0.39 is 65.5 Å². The van der Waals surface area contributed by atoms with E-state index in [1.165, 1.54) is 18.3 Å². The lowest BCUT2D eigenvalue weighted by atomic mass is 9.86. The zero-order valence-corrected chi connectivity index (χ0v) is 20.4. The number of nitrogens with two attached hydrogens (primary N) is 1. The molecule has 0 saturated carbocycles. The fourth-order valence-corrected chi connectivity index (χ4v) is 4.22. The van der Waals surface area contributed by atoms with Gasteiger partial charge < -0.3 is 26.8 Å². The topological polar surface area (TPSA) is 175 Å². The molecule has 2 aromatic carbocycles. The van der Waals surface area contributed by atoms with Crippen molar-refractivity contribution in [1.29, 1.82) is 0 Å². The van der Waals surface area contributed by atoms with Crippen LogP contribution in [0.5, 0.6) is 0 Å². The second-order valence-corrected chi connectivity index (χ2v) is 8.98. The zero-order chi connectivity index (χ0) is 29.2. The number of rotatable bonds is 8. The SMILES string of the molecule is NC(=O)C(NC(=O)c1cc(NC2=NCC(F)CN2)c2cn[nH]c2c1)[C@@H](CC(=O)O)c1cc(F)cc(C(F)(F)F)c1. The summed E-state index contributed by atoms with van der Waals surface area (Å²) in [6.07, 6.45) is -5.66. The average Bonchev–Trinajstić information content (AvgIpc) is 3.35. The molecule has 40 heavy (non-hydrogen) atoms. The Hall–Kier alpha value is -4.76. The number of guanidine groups is 1. The number of amides is 2. The Morgan fingerprint density at radius 1 is 1.18 bits per heavy atom. The minimum atomic E-state index is -4.97. The van der Waals surface area contributed by atoms with E-state index in [-0.39, 0.29) is 30.7 Å². The molecule has 212 valence electrons. The number of carboxylic acids is 1. The Morgan fingerprint density at radius 2 is 1.93 bits per heavy atom. The van der Waals surface area contributed by atoms with Gasteiger partial charge in [0.05, 0.1) is 42.5 Å². The molecule has 0 saturated heterocycles. The number of hydrogen-bond donors (Lipinski definition) is 6. The molecular weight excluding hydrogens is 545 g/mol. The van der Waals surface area contributed by atoms with Gasteiger partial charge in [0.2, 0.25) is 5.91 Å². The molecule has 0 fully saturated rings. The van der Waals surface area contributed by atoms with Crippen molar-refractivity contribution in [2.75, 3.05) is 18.4 Å². The summed E-state index contributed by atoms with van der Waals surface area (Å²) < 4.78 is 67.4. The Bertz CT molecular complexity index is 1490. The van der Waals surface area contributed by atoms with Crippen LogP contribution in [0.1, 0.15) is 33.8 Å². The molecule has 0 aliphatic carbocycles. The molecule has 2 unspecified atom stereocenters. The van der Waals surface area contributed by atoms with E-state index in [1.807, 2.05) is 0 Å². The number of fused-ring (bicyclic) bond motifs is 1. The smallest absolute Gasteiger partial charge is 0.416 e. The summed E-state index contributed by atoms with van der Waals surface area (Å²) >= 11 is 0. The molecule has 7 N–H and O–H groups in total. The molecule has 0 radical (unpaired) electrons. The van der Waals surface area contributed by atoms with E-state index in [4.69, 9.17) is 5.73 Å². The monoisotopic (exact) mass is 567 g/mol. The van der Waals surface area contributed by atoms with Gasteiger partial charge in [-0.15, -0.1) is 0 Å². The third kappa shape index (κ3) is 6.44. The first kappa shape index (κ1) is 28.3. The molecule has 3 atom stereocenters. The van der Waals surface area contributed by atoms with E-state index in [1.54, 1.807) is 0 Å². The van der Waals surface area contributed by atoms with Crippen LogP contribution in [0.25, 0.3) is 10.9 Å². The number of carbonyl (C=O) groups excluding carboxylic acids is 2. The molecule has 0 bridgehead atoms. The summed E-state index contributed by atoms with van der Waals surface area (Å²) in [5.41, 5.74) is 4.09. The van der Waals surface area contributed by atoms with Gasteiger partial charge in [-0.05, 0) is 35.9 Å². The highest BCUT2D eigenvalue weighted by Crippen LogP contribution is 2.34. The number of carbonyl (C=O) groups is 3.